The van der Waals surface area contributed by atoms with Crippen LogP contribution in [-0.2, 0) is 17.8 Å². The molecule has 0 aromatic carbocycles. The molecule has 0 saturated heterocycles. The van der Waals surface area contributed by atoms with Gasteiger partial charge in [0.25, 0.3) is 0 Å². The molecule has 156 valence electrons. The third-order valence-electron chi connectivity index (χ3n) is 7.51. The van der Waals surface area contributed by atoms with E-state index in [1.807, 2.05) is 12.3 Å². The van der Waals surface area contributed by atoms with Crippen molar-refractivity contribution in [2.24, 2.45) is 23.2 Å². The molecule has 0 aliphatic heterocycles. The minimum atomic E-state index is 0.0525. The van der Waals surface area contributed by atoms with Crippen LogP contribution in [0.3, 0.4) is 0 Å². The maximum atomic E-state index is 12.0. The predicted molar refractivity (Wildman–Crippen MR) is 115 cm³/mol. The fourth-order valence-electron chi connectivity index (χ4n) is 6.80. The van der Waals surface area contributed by atoms with Gasteiger partial charge in [0, 0.05) is 31.5 Å². The smallest absolute Gasteiger partial charge is 0.226 e. The highest BCUT2D eigenvalue weighted by Crippen LogP contribution is 2.59. The Hall–Kier alpha value is -1.88. The van der Waals surface area contributed by atoms with E-state index in [1.165, 1.54) is 44.2 Å². The van der Waals surface area contributed by atoms with Crippen molar-refractivity contribution in [2.45, 2.75) is 64.8 Å². The lowest BCUT2D eigenvalue weighted by molar-refractivity contribution is -0.120. The third-order valence-corrected chi connectivity index (χ3v) is 7.51. The number of hydrogen-bond acceptors (Lipinski definition) is 3. The number of nitrogens with one attached hydrogen (secondary N) is 2. The number of nitrogens with zero attached hydrogens (tertiary/aromatic N) is 2. The van der Waals surface area contributed by atoms with Crippen LogP contribution >= 0.6 is 0 Å². The van der Waals surface area contributed by atoms with Crippen molar-refractivity contribution >= 4 is 11.6 Å². The molecule has 4 aliphatic rings. The monoisotopic (exact) mass is 394 g/mol. The van der Waals surface area contributed by atoms with Crippen LogP contribution in [0.15, 0.2) is 24.4 Å². The Morgan fingerprint density at radius 3 is 2.59 bits per heavy atom. The van der Waals surface area contributed by atoms with Crippen molar-refractivity contribution in [2.75, 3.05) is 13.1 Å². The van der Waals surface area contributed by atoms with Gasteiger partial charge in [0.05, 0.1) is 12.1 Å². The molecule has 4 fully saturated rings. The van der Waals surface area contributed by atoms with Crippen LogP contribution < -0.4 is 10.6 Å². The number of aromatic nitrogens is 2. The Morgan fingerprint density at radius 2 is 1.90 bits per heavy atom. The van der Waals surface area contributed by atoms with Crippen LogP contribution in [0, 0.1) is 23.2 Å². The number of fused-ring (bicyclic) bond motifs is 1. The summed E-state index contributed by atoms with van der Waals surface area (Å²) in [6.07, 6.45) is 12.2. The zero-order valence-corrected chi connectivity index (χ0v) is 17.6. The SMILES string of the molecule is CCCNC(=O)Cc1cn2c(CNCC34CC5CC(CC(C5)C3)C4)cccc2n1. The zero-order chi connectivity index (χ0) is 19.8. The summed E-state index contributed by atoms with van der Waals surface area (Å²) in [5.74, 6) is 3.06. The average Bonchev–Trinajstić information content (AvgIpc) is 3.08. The van der Waals surface area contributed by atoms with E-state index < -0.39 is 0 Å². The summed E-state index contributed by atoms with van der Waals surface area (Å²) in [5.41, 5.74) is 3.55. The van der Waals surface area contributed by atoms with Gasteiger partial charge in [-0.15, -0.1) is 0 Å². The molecule has 2 heterocycles. The molecular formula is C24H34N4O. The molecular weight excluding hydrogens is 360 g/mol. The van der Waals surface area contributed by atoms with E-state index in [2.05, 4.69) is 39.1 Å². The van der Waals surface area contributed by atoms with Crippen molar-refractivity contribution < 1.29 is 4.79 Å². The molecule has 1 amide bonds. The van der Waals surface area contributed by atoms with E-state index in [1.54, 1.807) is 0 Å². The summed E-state index contributed by atoms with van der Waals surface area (Å²) >= 11 is 0. The van der Waals surface area contributed by atoms with E-state index in [4.69, 9.17) is 0 Å². The average molecular weight is 395 g/mol. The summed E-state index contributed by atoms with van der Waals surface area (Å²) in [6, 6.07) is 6.27. The van der Waals surface area contributed by atoms with Crippen molar-refractivity contribution in [1.82, 2.24) is 20.0 Å². The lowest BCUT2D eigenvalue weighted by Crippen LogP contribution is -2.50. The Balaban J connectivity index is 1.23. The standard InChI is InChI=1S/C24H34N4O/c1-2-6-26-23(29)10-20-15-28-21(4-3-5-22(28)27-20)14-25-16-24-11-17-7-18(12-24)9-19(8-17)13-24/h3-5,15,17-19,25H,2,6-14,16H2,1H3,(H,26,29). The van der Waals surface area contributed by atoms with E-state index >= 15 is 0 Å². The first-order chi connectivity index (χ1) is 14.1. The molecule has 4 saturated carbocycles. The van der Waals surface area contributed by atoms with Gasteiger partial charge in [-0.1, -0.05) is 13.0 Å². The molecule has 0 spiro atoms. The molecule has 29 heavy (non-hydrogen) atoms. The Labute approximate surface area is 173 Å². The van der Waals surface area contributed by atoms with Crippen LogP contribution in [0.25, 0.3) is 5.65 Å². The Kier molecular flexibility index (Phi) is 5.10. The first-order valence-electron chi connectivity index (χ1n) is 11.6. The van der Waals surface area contributed by atoms with Gasteiger partial charge in [0.15, 0.2) is 0 Å². The summed E-state index contributed by atoms with van der Waals surface area (Å²) in [7, 11) is 0. The van der Waals surface area contributed by atoms with Gasteiger partial charge in [0.1, 0.15) is 5.65 Å². The second kappa shape index (κ2) is 7.75. The molecule has 0 atom stereocenters. The number of amides is 1. The molecule has 2 aromatic rings. The maximum absolute atomic E-state index is 12.0. The normalized spacial score (nSPS) is 30.2. The van der Waals surface area contributed by atoms with Crippen molar-refractivity contribution in [3.8, 4) is 0 Å². The van der Waals surface area contributed by atoms with Gasteiger partial charge in [-0.25, -0.2) is 4.98 Å². The van der Waals surface area contributed by atoms with Gasteiger partial charge < -0.3 is 15.0 Å². The van der Waals surface area contributed by atoms with E-state index in [0.717, 1.165) is 55.1 Å². The molecule has 4 aliphatic carbocycles. The topological polar surface area (TPSA) is 58.4 Å². The zero-order valence-electron chi connectivity index (χ0n) is 17.6. The largest absolute Gasteiger partial charge is 0.356 e. The number of pyridine rings is 1. The van der Waals surface area contributed by atoms with E-state index in [-0.39, 0.29) is 5.91 Å². The van der Waals surface area contributed by atoms with E-state index in [9.17, 15) is 4.79 Å². The summed E-state index contributed by atoms with van der Waals surface area (Å²) in [5, 5.41) is 6.74. The van der Waals surface area contributed by atoms with Gasteiger partial charge in [-0.05, 0) is 80.2 Å². The highest BCUT2D eigenvalue weighted by molar-refractivity contribution is 5.78. The number of carbonyl (C=O) groups excluding carboxylic acids is 1. The van der Waals surface area contributed by atoms with Crippen LogP contribution in [0.4, 0.5) is 0 Å². The number of imidazole rings is 1. The van der Waals surface area contributed by atoms with Crippen LogP contribution in [-0.4, -0.2) is 28.4 Å². The second-order valence-corrected chi connectivity index (χ2v) is 10.0. The highest BCUT2D eigenvalue weighted by atomic mass is 16.1. The van der Waals surface area contributed by atoms with Crippen molar-refractivity contribution in [1.29, 1.82) is 0 Å². The molecule has 5 nitrogen and oxygen atoms in total. The molecule has 5 heteroatoms. The number of carbonyl (C=O) groups is 1. The number of rotatable bonds is 8. The fourth-order valence-corrected chi connectivity index (χ4v) is 6.80. The predicted octanol–water partition coefficient (Wildman–Crippen LogP) is 3.71. The minimum Gasteiger partial charge on any atom is -0.356 e. The van der Waals surface area contributed by atoms with Gasteiger partial charge >= 0.3 is 0 Å². The van der Waals surface area contributed by atoms with Gasteiger partial charge in [-0.3, -0.25) is 4.79 Å². The Morgan fingerprint density at radius 1 is 1.17 bits per heavy atom. The molecule has 0 unspecified atom stereocenters. The van der Waals surface area contributed by atoms with E-state index in [0.29, 0.717) is 11.8 Å². The molecule has 2 N–H and O–H groups in total. The quantitative estimate of drug-likeness (QED) is 0.718. The van der Waals surface area contributed by atoms with Crippen LogP contribution in [0.2, 0.25) is 0 Å². The summed E-state index contributed by atoms with van der Waals surface area (Å²) in [4.78, 5) is 16.7. The first-order valence-corrected chi connectivity index (χ1v) is 11.6. The summed E-state index contributed by atoms with van der Waals surface area (Å²) in [6.45, 7) is 4.80. The van der Waals surface area contributed by atoms with Crippen molar-refractivity contribution in [3.63, 3.8) is 0 Å². The van der Waals surface area contributed by atoms with Gasteiger partial charge in [0.2, 0.25) is 5.91 Å². The Bertz CT molecular complexity index is 851. The lowest BCUT2D eigenvalue weighted by atomic mass is 9.49. The highest BCUT2D eigenvalue weighted by Gasteiger charge is 2.50. The first kappa shape index (κ1) is 19.1. The summed E-state index contributed by atoms with van der Waals surface area (Å²) < 4.78 is 2.15. The molecule has 6 rings (SSSR count). The molecule has 0 radical (unpaired) electrons. The van der Waals surface area contributed by atoms with Crippen molar-refractivity contribution in [3.05, 3.63) is 35.8 Å². The minimum absolute atomic E-state index is 0.0525. The number of hydrogen-bond donors (Lipinski definition) is 2. The second-order valence-electron chi connectivity index (χ2n) is 10.0. The lowest BCUT2D eigenvalue weighted by Gasteiger charge is -2.57. The maximum Gasteiger partial charge on any atom is 0.226 e. The van der Waals surface area contributed by atoms with Crippen LogP contribution in [0.1, 0.15) is 63.3 Å². The fraction of sp³-hybridized carbons (Fsp3) is 0.667. The molecule has 2 aromatic heterocycles. The molecule has 4 bridgehead atoms. The third kappa shape index (κ3) is 3.94. The van der Waals surface area contributed by atoms with Crippen LogP contribution in [0.5, 0.6) is 0 Å². The van der Waals surface area contributed by atoms with Gasteiger partial charge in [-0.2, -0.15) is 0 Å².